The van der Waals surface area contributed by atoms with Crippen LogP contribution in [0, 0.1) is 0 Å². The quantitative estimate of drug-likeness (QED) is 0.0199. The minimum atomic E-state index is -1.99. The van der Waals surface area contributed by atoms with E-state index in [0.717, 1.165) is 128 Å². The van der Waals surface area contributed by atoms with Crippen molar-refractivity contribution >= 4 is 5.91 Å². The maximum atomic E-state index is 13.4. The van der Waals surface area contributed by atoms with E-state index in [0.29, 0.717) is 12.8 Å². The van der Waals surface area contributed by atoms with Gasteiger partial charge < -0.3 is 89.9 Å². The van der Waals surface area contributed by atoms with Crippen molar-refractivity contribution in [3.05, 3.63) is 158 Å². The SMILES string of the molecule is CC/C=C\C/C=C\C/C=C\C/C=C\C/C=C\C/C=C\C/C=C\C/C=C\C/C=C\C/C=C\CCCCCCCCC(=O)NC(COC1OC(CO)C(OC2OC(CO)C(OC3OC(CO)C(O)C(O)C3O)C(O)C2O)C(O)C1O)C(O)/C=C/CC/C=C/CC/C=C/CCCCCCCCCCCC. The first-order chi connectivity index (χ1) is 49.8. The molecule has 0 spiro atoms. The number of hydrogen-bond donors (Lipinski definition) is 12. The van der Waals surface area contributed by atoms with Gasteiger partial charge in [-0.3, -0.25) is 4.79 Å². The topological polar surface area (TPSA) is 307 Å². The Labute approximate surface area is 612 Å². The second-order valence-electron chi connectivity index (χ2n) is 26.7. The fourth-order valence-electron chi connectivity index (χ4n) is 11.8. The number of aliphatic hydroxyl groups is 11. The molecule has 0 aromatic carbocycles. The van der Waals surface area contributed by atoms with Crippen molar-refractivity contribution in [2.24, 2.45) is 0 Å². The molecule has 12 N–H and O–H groups in total. The van der Waals surface area contributed by atoms with E-state index in [4.69, 9.17) is 28.4 Å². The summed E-state index contributed by atoms with van der Waals surface area (Å²) in [6.45, 7) is 1.56. The predicted octanol–water partition coefficient (Wildman–Crippen LogP) is 12.4. The van der Waals surface area contributed by atoms with E-state index < -0.39 is 124 Å². The van der Waals surface area contributed by atoms with Crippen LogP contribution in [0.4, 0.5) is 0 Å². The third-order valence-electron chi connectivity index (χ3n) is 18.0. The Morgan fingerprint density at radius 3 is 1.10 bits per heavy atom. The predicted molar refractivity (Wildman–Crippen MR) is 405 cm³/mol. The highest BCUT2D eigenvalue weighted by Crippen LogP contribution is 2.33. The molecule has 0 bridgehead atoms. The van der Waals surface area contributed by atoms with Gasteiger partial charge in [0.25, 0.3) is 0 Å². The van der Waals surface area contributed by atoms with Crippen LogP contribution < -0.4 is 5.32 Å². The number of aliphatic hydroxyl groups excluding tert-OH is 11. The van der Waals surface area contributed by atoms with Crippen LogP contribution in [0.15, 0.2) is 158 Å². The zero-order chi connectivity index (χ0) is 73.9. The lowest BCUT2D eigenvalue weighted by molar-refractivity contribution is -0.379. The number of nitrogens with one attached hydrogen (secondary N) is 1. The molecule has 3 heterocycles. The fourth-order valence-corrected chi connectivity index (χ4v) is 11.8. The van der Waals surface area contributed by atoms with E-state index >= 15 is 0 Å². The second-order valence-corrected chi connectivity index (χ2v) is 26.7. The molecule has 1 amide bonds. The molecule has 102 heavy (non-hydrogen) atoms. The van der Waals surface area contributed by atoms with Gasteiger partial charge in [0.05, 0.1) is 38.6 Å². The molecule has 0 aromatic rings. The molecule has 17 unspecified atom stereocenters. The van der Waals surface area contributed by atoms with Crippen LogP contribution in [0.25, 0.3) is 0 Å². The van der Waals surface area contributed by atoms with Crippen molar-refractivity contribution in [1.82, 2.24) is 5.32 Å². The number of carbonyl (C=O) groups excluding carboxylic acids is 1. The summed E-state index contributed by atoms with van der Waals surface area (Å²) in [5.74, 6) is -0.311. The van der Waals surface area contributed by atoms with E-state index in [1.54, 1.807) is 6.08 Å². The zero-order valence-corrected chi connectivity index (χ0v) is 61.8. The summed E-state index contributed by atoms with van der Waals surface area (Å²) in [6.07, 6.45) is 63.6. The first-order valence-electron chi connectivity index (χ1n) is 38.7. The molecule has 0 saturated carbocycles. The van der Waals surface area contributed by atoms with Crippen molar-refractivity contribution < 1.29 is 89.4 Å². The zero-order valence-electron chi connectivity index (χ0n) is 61.8. The molecule has 17 atom stereocenters. The first kappa shape index (κ1) is 91.6. The minimum Gasteiger partial charge on any atom is -0.394 e. The molecule has 3 rings (SSSR count). The molecule has 0 aliphatic carbocycles. The van der Waals surface area contributed by atoms with Gasteiger partial charge in [-0.1, -0.05) is 255 Å². The average Bonchev–Trinajstić information content (AvgIpc) is 0.778. The largest absolute Gasteiger partial charge is 0.394 e. The lowest BCUT2D eigenvalue weighted by atomic mass is 9.96. The van der Waals surface area contributed by atoms with Crippen LogP contribution in [0.5, 0.6) is 0 Å². The smallest absolute Gasteiger partial charge is 0.220 e. The summed E-state index contributed by atoms with van der Waals surface area (Å²) in [6, 6.07) is -1.02. The molecule has 19 nitrogen and oxygen atoms in total. The Balaban J connectivity index is 1.40. The van der Waals surface area contributed by atoms with Crippen molar-refractivity contribution in [3.63, 3.8) is 0 Å². The lowest BCUT2D eigenvalue weighted by Gasteiger charge is -2.48. The van der Waals surface area contributed by atoms with E-state index in [1.165, 1.54) is 64.2 Å². The second kappa shape index (κ2) is 61.6. The van der Waals surface area contributed by atoms with Gasteiger partial charge in [-0.2, -0.15) is 0 Å². The lowest BCUT2D eigenvalue weighted by Crippen LogP contribution is -2.66. The number of unbranched alkanes of at least 4 members (excludes halogenated alkanes) is 18. The summed E-state index contributed by atoms with van der Waals surface area (Å²) >= 11 is 0. The van der Waals surface area contributed by atoms with E-state index in [2.05, 4.69) is 165 Å². The van der Waals surface area contributed by atoms with Crippen molar-refractivity contribution in [2.45, 2.75) is 330 Å². The molecule has 3 aliphatic rings. The Morgan fingerprint density at radius 2 is 0.686 bits per heavy atom. The van der Waals surface area contributed by atoms with Gasteiger partial charge in [-0.15, -0.1) is 0 Å². The Bertz CT molecular complexity index is 2460. The number of carbonyl (C=O) groups is 1. The molecule has 3 saturated heterocycles. The Hall–Kier alpha value is -4.59. The van der Waals surface area contributed by atoms with E-state index in [1.807, 2.05) is 6.08 Å². The van der Waals surface area contributed by atoms with Crippen LogP contribution in [0.1, 0.15) is 226 Å². The summed E-state index contributed by atoms with van der Waals surface area (Å²) in [5, 5.41) is 121. The van der Waals surface area contributed by atoms with Crippen molar-refractivity contribution in [1.29, 1.82) is 0 Å². The highest BCUT2D eigenvalue weighted by molar-refractivity contribution is 5.76. The maximum absolute atomic E-state index is 13.4. The normalized spacial score (nSPS) is 27.1. The summed E-state index contributed by atoms with van der Waals surface area (Å²) in [4.78, 5) is 13.4. The highest BCUT2D eigenvalue weighted by atomic mass is 16.8. The number of amides is 1. The monoisotopic (exact) mass is 1430 g/mol. The molecular formula is C83H135NO18. The van der Waals surface area contributed by atoms with Crippen LogP contribution in [-0.2, 0) is 33.2 Å². The summed E-state index contributed by atoms with van der Waals surface area (Å²) < 4.78 is 34.4. The number of allylic oxidation sites excluding steroid dienone is 25. The van der Waals surface area contributed by atoms with Crippen LogP contribution in [0.2, 0.25) is 0 Å². The van der Waals surface area contributed by atoms with Crippen molar-refractivity contribution in [2.75, 3.05) is 26.4 Å². The molecule has 0 aromatic heterocycles. The van der Waals surface area contributed by atoms with Gasteiger partial charge >= 0.3 is 0 Å². The Morgan fingerprint density at radius 1 is 0.363 bits per heavy atom. The van der Waals surface area contributed by atoms with Crippen LogP contribution in [-0.4, -0.2) is 193 Å². The van der Waals surface area contributed by atoms with Gasteiger partial charge in [0.2, 0.25) is 5.91 Å². The van der Waals surface area contributed by atoms with Crippen molar-refractivity contribution in [3.8, 4) is 0 Å². The van der Waals surface area contributed by atoms with Crippen LogP contribution >= 0.6 is 0 Å². The Kier molecular flexibility index (Phi) is 55.3. The summed E-state index contributed by atoms with van der Waals surface area (Å²) in [5.41, 5.74) is 0. The van der Waals surface area contributed by atoms with Gasteiger partial charge in [0, 0.05) is 6.42 Å². The summed E-state index contributed by atoms with van der Waals surface area (Å²) in [7, 11) is 0. The average molecular weight is 1430 g/mol. The third-order valence-corrected chi connectivity index (χ3v) is 18.0. The number of hydrogen-bond acceptors (Lipinski definition) is 18. The molecular weight excluding hydrogens is 1300 g/mol. The standard InChI is InChI=1S/C83H135NO18/c1-3-5-7-9-11-13-15-17-19-21-23-25-26-27-28-29-30-31-32-33-34-35-36-37-38-39-40-41-43-45-47-49-51-53-55-57-59-61-71(89)84-66(67(88)60-58-56-54-52-50-48-46-44-42-24-22-20-18-16-14-12-10-8-6-4-2)65-97-81-77(95)74(92)79(69(63-86)99-81)102-83-78(96)75(93)80(70(64-87)100-83)101-82-76(94)73(91)72(90)68(62-85)98-82/h5,7,11,13,17,19,23,25,27-28,30-31,33-34,36-37,39-40,42-45,50,52,58,60,66-70,72-83,85-88,90-96H,3-4,6,8-10,12,14-16,18,20-22,24,26,29,32,35,38,41,46-49,51,53-57,59,61-65H2,1-2H3,(H,84,89)/b7-5-,13-11-,19-17-,25-23-,28-27-,31-30-,34-33-,37-36-,40-39-,44-42+,45-43-,52-50+,60-58+. The van der Waals surface area contributed by atoms with Gasteiger partial charge in [-0.05, 0) is 122 Å². The first-order valence-corrected chi connectivity index (χ1v) is 38.7. The molecule has 3 aliphatic heterocycles. The van der Waals surface area contributed by atoms with E-state index in [-0.39, 0.29) is 18.9 Å². The molecule has 19 heteroatoms. The maximum Gasteiger partial charge on any atom is 0.220 e. The van der Waals surface area contributed by atoms with Gasteiger partial charge in [0.15, 0.2) is 18.9 Å². The molecule has 0 radical (unpaired) electrons. The van der Waals surface area contributed by atoms with Crippen LogP contribution in [0.3, 0.4) is 0 Å². The number of rotatable bonds is 58. The molecule has 580 valence electrons. The van der Waals surface area contributed by atoms with Gasteiger partial charge in [0.1, 0.15) is 73.2 Å². The van der Waals surface area contributed by atoms with Gasteiger partial charge in [-0.25, -0.2) is 0 Å². The minimum absolute atomic E-state index is 0.204. The number of ether oxygens (including phenoxy) is 6. The third kappa shape index (κ3) is 41.3. The fraction of sp³-hybridized carbons (Fsp3) is 0.675. The highest BCUT2D eigenvalue weighted by Gasteiger charge is 2.53. The molecule has 3 fully saturated rings. The van der Waals surface area contributed by atoms with E-state index in [9.17, 15) is 61.0 Å².